The molecule has 0 radical (unpaired) electrons. The molecule has 0 amide bonds. The lowest BCUT2D eigenvalue weighted by Crippen LogP contribution is -2.07. The van der Waals surface area contributed by atoms with Crippen LogP contribution in [-0.2, 0) is 6.54 Å². The molecule has 0 bridgehead atoms. The van der Waals surface area contributed by atoms with E-state index in [0.717, 1.165) is 16.8 Å². The molecule has 0 aliphatic carbocycles. The van der Waals surface area contributed by atoms with E-state index in [1.807, 2.05) is 12.3 Å². The van der Waals surface area contributed by atoms with Crippen LogP contribution in [0.1, 0.15) is 10.7 Å². The van der Waals surface area contributed by atoms with Crippen molar-refractivity contribution in [2.75, 3.05) is 17.7 Å². The highest BCUT2D eigenvalue weighted by Crippen LogP contribution is 2.19. The summed E-state index contributed by atoms with van der Waals surface area (Å²) in [5.74, 6) is -1.43. The molecule has 0 saturated carbocycles. The van der Waals surface area contributed by atoms with E-state index < -0.39 is 11.6 Å². The number of halogens is 2. The fraction of sp³-hybridized carbons (Fsp3) is 0.273. The smallest absolute Gasteiger partial charge is 0.168 e. The SMILES string of the molecule is CNc1nc(NCc2csc(C)n2)c(F)cc1F. The minimum atomic E-state index is -0.724. The Morgan fingerprint density at radius 2 is 1.94 bits per heavy atom. The molecule has 2 aromatic rings. The Labute approximate surface area is 107 Å². The zero-order valence-electron chi connectivity index (χ0n) is 9.92. The molecule has 4 nitrogen and oxygen atoms in total. The lowest BCUT2D eigenvalue weighted by molar-refractivity contribution is 0.578. The van der Waals surface area contributed by atoms with Crippen molar-refractivity contribution in [1.29, 1.82) is 0 Å². The molecule has 2 rings (SSSR count). The van der Waals surface area contributed by atoms with Gasteiger partial charge in [-0.1, -0.05) is 0 Å². The van der Waals surface area contributed by atoms with E-state index in [4.69, 9.17) is 0 Å². The quantitative estimate of drug-likeness (QED) is 0.897. The second-order valence-corrected chi connectivity index (χ2v) is 4.67. The van der Waals surface area contributed by atoms with E-state index in [0.29, 0.717) is 6.54 Å². The number of aromatic nitrogens is 2. The van der Waals surface area contributed by atoms with Gasteiger partial charge in [-0.15, -0.1) is 11.3 Å². The summed E-state index contributed by atoms with van der Waals surface area (Å²) in [5.41, 5.74) is 0.800. The first-order valence-corrected chi connectivity index (χ1v) is 6.17. The highest BCUT2D eigenvalue weighted by molar-refractivity contribution is 7.09. The molecule has 2 heterocycles. The van der Waals surface area contributed by atoms with Crippen LogP contribution in [0.15, 0.2) is 11.4 Å². The number of nitrogens with zero attached hydrogens (tertiary/aromatic N) is 2. The van der Waals surface area contributed by atoms with Gasteiger partial charge in [0.15, 0.2) is 23.3 Å². The van der Waals surface area contributed by atoms with E-state index >= 15 is 0 Å². The van der Waals surface area contributed by atoms with Crippen LogP contribution in [0.4, 0.5) is 20.4 Å². The van der Waals surface area contributed by atoms with E-state index in [9.17, 15) is 8.78 Å². The predicted octanol–water partition coefficient (Wildman–Crippen LogP) is 2.78. The molecule has 0 spiro atoms. The average molecular weight is 270 g/mol. The molecule has 0 saturated heterocycles. The molecule has 2 aromatic heterocycles. The maximum Gasteiger partial charge on any atom is 0.168 e. The third-order valence-electron chi connectivity index (χ3n) is 2.27. The molecule has 0 fully saturated rings. The van der Waals surface area contributed by atoms with Crippen LogP contribution in [0.2, 0.25) is 0 Å². The van der Waals surface area contributed by atoms with Gasteiger partial charge in [-0.3, -0.25) is 0 Å². The van der Waals surface area contributed by atoms with Crippen molar-refractivity contribution >= 4 is 23.0 Å². The molecule has 2 N–H and O–H groups in total. The molecule has 0 aliphatic heterocycles. The van der Waals surface area contributed by atoms with Crippen LogP contribution in [-0.4, -0.2) is 17.0 Å². The maximum atomic E-state index is 13.5. The van der Waals surface area contributed by atoms with Crippen molar-refractivity contribution < 1.29 is 8.78 Å². The lowest BCUT2D eigenvalue weighted by atomic mass is 10.4. The lowest BCUT2D eigenvalue weighted by Gasteiger charge is -2.08. The third-order valence-corrected chi connectivity index (χ3v) is 3.09. The number of aryl methyl sites for hydroxylation is 1. The van der Waals surface area contributed by atoms with Gasteiger partial charge >= 0.3 is 0 Å². The molecule has 96 valence electrons. The number of thiazole rings is 1. The van der Waals surface area contributed by atoms with Crippen LogP contribution < -0.4 is 10.6 Å². The Balaban J connectivity index is 2.13. The number of anilines is 2. The summed E-state index contributed by atoms with van der Waals surface area (Å²) in [6.07, 6.45) is 0. The maximum absolute atomic E-state index is 13.5. The van der Waals surface area contributed by atoms with Crippen molar-refractivity contribution in [3.63, 3.8) is 0 Å². The van der Waals surface area contributed by atoms with Crippen LogP contribution in [0, 0.1) is 18.6 Å². The van der Waals surface area contributed by atoms with Crippen LogP contribution >= 0.6 is 11.3 Å². The van der Waals surface area contributed by atoms with Crippen molar-refractivity contribution in [2.24, 2.45) is 0 Å². The summed E-state index contributed by atoms with van der Waals surface area (Å²) in [6.45, 7) is 2.24. The normalized spacial score (nSPS) is 10.4. The van der Waals surface area contributed by atoms with Crippen molar-refractivity contribution in [3.8, 4) is 0 Å². The largest absolute Gasteiger partial charge is 0.371 e. The van der Waals surface area contributed by atoms with Gasteiger partial charge in [0.25, 0.3) is 0 Å². The summed E-state index contributed by atoms with van der Waals surface area (Å²) in [7, 11) is 1.52. The highest BCUT2D eigenvalue weighted by Gasteiger charge is 2.11. The van der Waals surface area contributed by atoms with Crippen LogP contribution in [0.5, 0.6) is 0 Å². The van der Waals surface area contributed by atoms with E-state index in [1.54, 1.807) is 0 Å². The second kappa shape index (κ2) is 5.26. The second-order valence-electron chi connectivity index (χ2n) is 3.61. The van der Waals surface area contributed by atoms with E-state index in [2.05, 4.69) is 20.6 Å². The van der Waals surface area contributed by atoms with Gasteiger partial charge in [0.1, 0.15) is 0 Å². The first kappa shape index (κ1) is 12.7. The minimum Gasteiger partial charge on any atom is -0.371 e. The average Bonchev–Trinajstić information content (AvgIpc) is 2.74. The number of hydrogen-bond donors (Lipinski definition) is 2. The summed E-state index contributed by atoms with van der Waals surface area (Å²) in [6, 6.07) is 0.799. The fourth-order valence-corrected chi connectivity index (χ4v) is 2.04. The standard InChI is InChI=1S/C11H12F2N4S/c1-6-16-7(5-18-6)4-15-11-9(13)3-8(12)10(14-2)17-11/h3,5H,4H2,1-2H3,(H2,14,15,17). The van der Waals surface area contributed by atoms with Gasteiger partial charge in [-0.2, -0.15) is 0 Å². The first-order chi connectivity index (χ1) is 8.60. The molecular weight excluding hydrogens is 258 g/mol. The third kappa shape index (κ3) is 2.73. The summed E-state index contributed by atoms with van der Waals surface area (Å²) in [4.78, 5) is 8.05. The van der Waals surface area contributed by atoms with Gasteiger partial charge in [0.2, 0.25) is 0 Å². The monoisotopic (exact) mass is 270 g/mol. The molecule has 0 unspecified atom stereocenters. The fourth-order valence-electron chi connectivity index (χ4n) is 1.43. The molecule has 0 aliphatic rings. The minimum absolute atomic E-state index is 0.00593. The van der Waals surface area contributed by atoms with Crippen molar-refractivity contribution in [2.45, 2.75) is 13.5 Å². The zero-order valence-corrected chi connectivity index (χ0v) is 10.7. The summed E-state index contributed by atoms with van der Waals surface area (Å²) in [5, 5.41) is 8.17. The number of hydrogen-bond acceptors (Lipinski definition) is 5. The molecule has 7 heteroatoms. The Morgan fingerprint density at radius 1 is 1.22 bits per heavy atom. The Hall–Kier alpha value is -1.76. The zero-order chi connectivity index (χ0) is 13.1. The summed E-state index contributed by atoms with van der Waals surface area (Å²) >= 11 is 1.52. The molecule has 18 heavy (non-hydrogen) atoms. The predicted molar refractivity (Wildman–Crippen MR) is 67.9 cm³/mol. The van der Waals surface area contributed by atoms with Crippen LogP contribution in [0.25, 0.3) is 0 Å². The van der Waals surface area contributed by atoms with E-state index in [-0.39, 0.29) is 11.6 Å². The Bertz CT molecular complexity index is 556. The van der Waals surface area contributed by atoms with Gasteiger partial charge < -0.3 is 10.6 Å². The van der Waals surface area contributed by atoms with Gasteiger partial charge in [-0.25, -0.2) is 18.7 Å². The topological polar surface area (TPSA) is 49.8 Å². The molecule has 0 atom stereocenters. The Kier molecular flexibility index (Phi) is 3.71. The number of pyridine rings is 1. The summed E-state index contributed by atoms with van der Waals surface area (Å²) < 4.78 is 26.7. The number of rotatable bonds is 4. The van der Waals surface area contributed by atoms with Gasteiger partial charge in [0.05, 0.1) is 17.2 Å². The number of nitrogens with one attached hydrogen (secondary N) is 2. The van der Waals surface area contributed by atoms with Gasteiger partial charge in [-0.05, 0) is 6.92 Å². The Morgan fingerprint density at radius 3 is 2.56 bits per heavy atom. The molecular formula is C11H12F2N4S. The van der Waals surface area contributed by atoms with Crippen molar-refractivity contribution in [1.82, 2.24) is 9.97 Å². The van der Waals surface area contributed by atoms with Crippen LogP contribution in [0.3, 0.4) is 0 Å². The highest BCUT2D eigenvalue weighted by atomic mass is 32.1. The molecule has 0 aromatic carbocycles. The van der Waals surface area contributed by atoms with Crippen molar-refractivity contribution in [3.05, 3.63) is 33.8 Å². The first-order valence-electron chi connectivity index (χ1n) is 5.29. The van der Waals surface area contributed by atoms with E-state index in [1.165, 1.54) is 18.4 Å². The van der Waals surface area contributed by atoms with Gasteiger partial charge in [0, 0.05) is 18.5 Å².